The van der Waals surface area contributed by atoms with Crippen LogP contribution in [0.1, 0.15) is 34.2 Å². The molecule has 0 unspecified atom stereocenters. The fourth-order valence-corrected chi connectivity index (χ4v) is 3.78. The normalized spacial score (nSPS) is 14.5. The van der Waals surface area contributed by atoms with Gasteiger partial charge in [-0.3, -0.25) is 5.41 Å². The molecule has 1 aliphatic carbocycles. The number of nitrogens with two attached hydrogens (primary N) is 2. The molecular weight excluding hydrogens is 336 g/mol. The summed E-state index contributed by atoms with van der Waals surface area (Å²) in [5.74, 6) is 1.03. The first-order valence-corrected chi connectivity index (χ1v) is 8.90. The van der Waals surface area contributed by atoms with E-state index < -0.39 is 0 Å². The zero-order chi connectivity index (χ0) is 19.1. The average Bonchev–Trinajstić information content (AvgIpc) is 3.17. The predicted molar refractivity (Wildman–Crippen MR) is 110 cm³/mol. The highest BCUT2D eigenvalue weighted by molar-refractivity contribution is 6.09. The van der Waals surface area contributed by atoms with Gasteiger partial charge in [0.25, 0.3) is 0 Å². The number of hydrogen-bond donors (Lipinski definition) is 4. The quantitative estimate of drug-likeness (QED) is 0.423. The maximum absolute atomic E-state index is 7.78. The van der Waals surface area contributed by atoms with E-state index in [4.69, 9.17) is 21.9 Å². The number of nitrogens with one attached hydrogen (secondary N) is 2. The average molecular weight is 358 g/mol. The second-order valence-electron chi connectivity index (χ2n) is 7.00. The number of aryl methyl sites for hydroxylation is 2. The van der Waals surface area contributed by atoms with Crippen LogP contribution >= 0.6 is 0 Å². The smallest absolute Gasteiger partial charge is 0.200 e. The van der Waals surface area contributed by atoms with Crippen molar-refractivity contribution in [3.63, 3.8) is 0 Å². The van der Waals surface area contributed by atoms with Crippen LogP contribution < -0.4 is 11.5 Å². The van der Waals surface area contributed by atoms with Crippen molar-refractivity contribution in [2.45, 2.75) is 26.7 Å². The third kappa shape index (κ3) is 3.10. The van der Waals surface area contributed by atoms with Gasteiger partial charge in [0.2, 0.25) is 0 Å². The summed E-state index contributed by atoms with van der Waals surface area (Å²) in [4.78, 5) is 12.4. The van der Waals surface area contributed by atoms with E-state index in [0.29, 0.717) is 11.8 Å². The molecule has 27 heavy (non-hydrogen) atoms. The lowest BCUT2D eigenvalue weighted by molar-refractivity contribution is 1.08. The summed E-state index contributed by atoms with van der Waals surface area (Å²) in [6.07, 6.45) is 1.61. The van der Waals surface area contributed by atoms with Crippen molar-refractivity contribution in [1.29, 1.82) is 5.41 Å². The fourth-order valence-electron chi connectivity index (χ4n) is 3.78. The molecule has 0 atom stereocenters. The predicted octanol–water partition coefficient (Wildman–Crippen LogP) is 3.63. The maximum Gasteiger partial charge on any atom is 0.200 e. The lowest BCUT2D eigenvalue weighted by atomic mass is 10.0. The number of aromatic amines is 1. The molecule has 0 saturated heterocycles. The van der Waals surface area contributed by atoms with E-state index >= 15 is 0 Å². The molecule has 0 aliphatic heterocycles. The van der Waals surface area contributed by atoms with Gasteiger partial charge >= 0.3 is 0 Å². The molecule has 0 bridgehead atoms. The standard InChI is InChI=1S/C21H22N6/c1-11-8-12(2)10-13(9-11)18-20(27-21(24)26-18)25-17-7-6-14-15(17)4-3-5-16(14)19(22)23/h3-5,8-10H,6-7H2,1-2H3,(H3,22,23)(H3,24,26,27). The zero-order valence-electron chi connectivity index (χ0n) is 15.4. The van der Waals surface area contributed by atoms with E-state index in [9.17, 15) is 0 Å². The van der Waals surface area contributed by atoms with Crippen molar-refractivity contribution in [3.05, 3.63) is 64.2 Å². The van der Waals surface area contributed by atoms with Gasteiger partial charge in [-0.05, 0) is 49.9 Å². The van der Waals surface area contributed by atoms with Gasteiger partial charge in [0.1, 0.15) is 5.84 Å². The Labute approximate surface area is 157 Å². The zero-order valence-corrected chi connectivity index (χ0v) is 15.4. The van der Waals surface area contributed by atoms with E-state index in [2.05, 4.69) is 42.0 Å². The van der Waals surface area contributed by atoms with Crippen molar-refractivity contribution in [2.75, 3.05) is 5.73 Å². The molecule has 1 aliphatic rings. The molecule has 0 spiro atoms. The highest BCUT2D eigenvalue weighted by Crippen LogP contribution is 2.33. The summed E-state index contributed by atoms with van der Waals surface area (Å²) in [5.41, 5.74) is 19.7. The number of fused-ring (bicyclic) bond motifs is 1. The van der Waals surface area contributed by atoms with Crippen LogP contribution in [-0.2, 0) is 6.42 Å². The maximum atomic E-state index is 7.78. The molecule has 136 valence electrons. The molecule has 2 aromatic carbocycles. The van der Waals surface area contributed by atoms with Crippen LogP contribution in [0.3, 0.4) is 0 Å². The van der Waals surface area contributed by atoms with Crippen LogP contribution in [0, 0.1) is 19.3 Å². The van der Waals surface area contributed by atoms with Gasteiger partial charge in [-0.15, -0.1) is 0 Å². The third-order valence-corrected chi connectivity index (χ3v) is 4.84. The minimum absolute atomic E-state index is 0.0908. The molecule has 6 N–H and O–H groups in total. The van der Waals surface area contributed by atoms with Crippen LogP contribution in [0.5, 0.6) is 0 Å². The number of nitrogen functional groups attached to an aromatic ring is 2. The fraction of sp³-hybridized carbons (Fsp3) is 0.190. The molecule has 1 aromatic heterocycles. The molecule has 1 heterocycles. The van der Waals surface area contributed by atoms with Crippen molar-refractivity contribution < 1.29 is 0 Å². The number of aliphatic imine (C=N–C) groups is 1. The largest absolute Gasteiger partial charge is 0.384 e. The number of hydrogen-bond acceptors (Lipinski definition) is 4. The summed E-state index contributed by atoms with van der Waals surface area (Å²) in [5, 5.41) is 7.78. The first-order valence-electron chi connectivity index (χ1n) is 8.90. The van der Waals surface area contributed by atoms with Crippen LogP contribution in [0.15, 0.2) is 41.4 Å². The van der Waals surface area contributed by atoms with Gasteiger partial charge < -0.3 is 16.5 Å². The molecule has 4 rings (SSSR count). The topological polar surface area (TPSA) is 117 Å². The van der Waals surface area contributed by atoms with E-state index in [0.717, 1.165) is 46.5 Å². The SMILES string of the molecule is Cc1cc(C)cc(-c2[nH]c(N)nc2N=C2CCc3c(C(=N)N)cccc32)c1. The van der Waals surface area contributed by atoms with Crippen LogP contribution in [0.4, 0.5) is 11.8 Å². The summed E-state index contributed by atoms with van der Waals surface area (Å²) in [6, 6.07) is 12.2. The minimum Gasteiger partial charge on any atom is -0.384 e. The molecule has 0 fully saturated rings. The van der Waals surface area contributed by atoms with Gasteiger partial charge in [-0.25, -0.2) is 4.99 Å². The molecule has 0 saturated carbocycles. The number of imidazole rings is 1. The molecule has 0 radical (unpaired) electrons. The summed E-state index contributed by atoms with van der Waals surface area (Å²) >= 11 is 0. The molecule has 3 aromatic rings. The number of aromatic nitrogens is 2. The van der Waals surface area contributed by atoms with Gasteiger partial charge in [0.05, 0.1) is 11.4 Å². The van der Waals surface area contributed by atoms with Crippen molar-refractivity contribution in [3.8, 4) is 11.3 Å². The Morgan fingerprint density at radius 1 is 1.15 bits per heavy atom. The Balaban J connectivity index is 1.82. The highest BCUT2D eigenvalue weighted by atomic mass is 15.1. The van der Waals surface area contributed by atoms with Crippen LogP contribution in [-0.4, -0.2) is 21.5 Å². The Hall–Kier alpha value is -3.41. The lowest BCUT2D eigenvalue weighted by Gasteiger charge is -2.06. The first-order chi connectivity index (χ1) is 12.9. The van der Waals surface area contributed by atoms with E-state index in [-0.39, 0.29) is 5.84 Å². The Bertz CT molecular complexity index is 1070. The van der Waals surface area contributed by atoms with Crippen molar-refractivity contribution in [1.82, 2.24) is 9.97 Å². The van der Waals surface area contributed by atoms with Crippen LogP contribution in [0.25, 0.3) is 11.3 Å². The highest BCUT2D eigenvalue weighted by Gasteiger charge is 2.22. The molecule has 0 amide bonds. The number of H-pyrrole nitrogens is 1. The number of rotatable bonds is 3. The van der Waals surface area contributed by atoms with E-state index in [1.165, 1.54) is 11.1 Å². The third-order valence-electron chi connectivity index (χ3n) is 4.84. The van der Waals surface area contributed by atoms with E-state index in [1.54, 1.807) is 0 Å². The lowest BCUT2D eigenvalue weighted by Crippen LogP contribution is -2.13. The molecule has 6 nitrogen and oxygen atoms in total. The Morgan fingerprint density at radius 3 is 2.59 bits per heavy atom. The number of anilines is 1. The van der Waals surface area contributed by atoms with E-state index in [1.807, 2.05) is 18.2 Å². The molecular formula is C21H22N6. The molecule has 6 heteroatoms. The number of amidine groups is 1. The number of nitrogens with zero attached hydrogens (tertiary/aromatic N) is 2. The summed E-state index contributed by atoms with van der Waals surface area (Å²) in [7, 11) is 0. The Morgan fingerprint density at radius 2 is 1.89 bits per heavy atom. The van der Waals surface area contributed by atoms with Gasteiger partial charge in [-0.1, -0.05) is 35.4 Å². The van der Waals surface area contributed by atoms with Crippen molar-refractivity contribution >= 4 is 23.3 Å². The van der Waals surface area contributed by atoms with Crippen molar-refractivity contribution in [2.24, 2.45) is 10.7 Å². The van der Waals surface area contributed by atoms with Crippen LogP contribution in [0.2, 0.25) is 0 Å². The summed E-state index contributed by atoms with van der Waals surface area (Å²) in [6.45, 7) is 4.14. The van der Waals surface area contributed by atoms with Gasteiger partial charge in [0.15, 0.2) is 11.8 Å². The van der Waals surface area contributed by atoms with Gasteiger partial charge in [-0.2, -0.15) is 4.98 Å². The second-order valence-corrected chi connectivity index (χ2v) is 7.00. The monoisotopic (exact) mass is 358 g/mol. The summed E-state index contributed by atoms with van der Waals surface area (Å²) < 4.78 is 0. The number of benzene rings is 2. The second kappa shape index (κ2) is 6.39. The van der Waals surface area contributed by atoms with Gasteiger partial charge in [0, 0.05) is 11.1 Å². The minimum atomic E-state index is 0.0908. The first kappa shape index (κ1) is 17.0. The Kier molecular flexibility index (Phi) is 4.03.